The lowest BCUT2D eigenvalue weighted by atomic mass is 9.91. The van der Waals surface area contributed by atoms with E-state index in [2.05, 4.69) is 22.5 Å². The Balaban J connectivity index is 1.74. The van der Waals surface area contributed by atoms with Crippen molar-refractivity contribution in [3.63, 3.8) is 0 Å². The molecule has 5 nitrogen and oxygen atoms in total. The van der Waals surface area contributed by atoms with Gasteiger partial charge in [-0.2, -0.15) is 0 Å². The van der Waals surface area contributed by atoms with Gasteiger partial charge in [-0.15, -0.1) is 0 Å². The first kappa shape index (κ1) is 16.7. The predicted octanol–water partition coefficient (Wildman–Crippen LogP) is 0.993. The summed E-state index contributed by atoms with van der Waals surface area (Å²) in [6.45, 7) is 8.18. The minimum Gasteiger partial charge on any atom is -0.368 e. The summed E-state index contributed by atoms with van der Waals surface area (Å²) < 4.78 is 5.56. The van der Waals surface area contributed by atoms with Gasteiger partial charge < -0.3 is 20.3 Å². The Morgan fingerprint density at radius 2 is 1.95 bits per heavy atom. The SMILES string of the molecule is COC1(C(=O)NCC(C)CN2CCCCC2)CCNCC1. The van der Waals surface area contributed by atoms with E-state index < -0.39 is 5.60 Å². The molecule has 0 aliphatic carbocycles. The van der Waals surface area contributed by atoms with Crippen molar-refractivity contribution in [1.82, 2.24) is 15.5 Å². The van der Waals surface area contributed by atoms with Crippen LogP contribution >= 0.6 is 0 Å². The molecule has 122 valence electrons. The van der Waals surface area contributed by atoms with Crippen LogP contribution in [0, 0.1) is 5.92 Å². The van der Waals surface area contributed by atoms with Gasteiger partial charge in [0, 0.05) is 20.2 Å². The molecule has 0 bridgehead atoms. The van der Waals surface area contributed by atoms with E-state index >= 15 is 0 Å². The number of nitrogens with one attached hydrogen (secondary N) is 2. The topological polar surface area (TPSA) is 53.6 Å². The van der Waals surface area contributed by atoms with Crippen molar-refractivity contribution >= 4 is 5.91 Å². The van der Waals surface area contributed by atoms with Crippen LogP contribution in [-0.2, 0) is 9.53 Å². The molecule has 0 spiro atoms. The fraction of sp³-hybridized carbons (Fsp3) is 0.938. The van der Waals surface area contributed by atoms with Gasteiger partial charge in [-0.3, -0.25) is 4.79 Å². The predicted molar refractivity (Wildman–Crippen MR) is 84.3 cm³/mol. The van der Waals surface area contributed by atoms with E-state index in [1.165, 1.54) is 32.4 Å². The van der Waals surface area contributed by atoms with Crippen molar-refractivity contribution in [3.05, 3.63) is 0 Å². The van der Waals surface area contributed by atoms with Gasteiger partial charge in [-0.25, -0.2) is 0 Å². The Bertz CT molecular complexity index is 323. The fourth-order valence-electron chi connectivity index (χ4n) is 3.43. The minimum absolute atomic E-state index is 0.0667. The third kappa shape index (κ3) is 4.66. The number of piperidine rings is 2. The molecule has 0 radical (unpaired) electrons. The zero-order valence-corrected chi connectivity index (χ0v) is 13.6. The third-order valence-electron chi connectivity index (χ3n) is 4.85. The lowest BCUT2D eigenvalue weighted by Gasteiger charge is -2.35. The number of ether oxygens (including phenoxy) is 1. The number of carbonyl (C=O) groups is 1. The number of hydrogen-bond acceptors (Lipinski definition) is 4. The summed E-state index contributed by atoms with van der Waals surface area (Å²) in [5, 5.41) is 6.40. The summed E-state index contributed by atoms with van der Waals surface area (Å²) in [6.07, 6.45) is 5.52. The molecule has 0 aromatic carbocycles. The van der Waals surface area contributed by atoms with E-state index in [1.54, 1.807) is 7.11 Å². The summed E-state index contributed by atoms with van der Waals surface area (Å²) in [4.78, 5) is 15.0. The van der Waals surface area contributed by atoms with Crippen LogP contribution in [0.15, 0.2) is 0 Å². The van der Waals surface area contributed by atoms with Crippen LogP contribution in [0.3, 0.4) is 0 Å². The highest BCUT2D eigenvalue weighted by atomic mass is 16.5. The Morgan fingerprint density at radius 3 is 2.57 bits per heavy atom. The molecule has 2 fully saturated rings. The van der Waals surface area contributed by atoms with E-state index in [9.17, 15) is 4.79 Å². The molecule has 2 heterocycles. The quantitative estimate of drug-likeness (QED) is 0.768. The average Bonchev–Trinajstić information content (AvgIpc) is 2.54. The summed E-state index contributed by atoms with van der Waals surface area (Å²) in [5.41, 5.74) is -0.615. The maximum absolute atomic E-state index is 12.5. The largest absolute Gasteiger partial charge is 0.368 e. The van der Waals surface area contributed by atoms with Gasteiger partial charge in [0.1, 0.15) is 5.60 Å². The smallest absolute Gasteiger partial charge is 0.252 e. The van der Waals surface area contributed by atoms with E-state index in [0.717, 1.165) is 39.0 Å². The minimum atomic E-state index is -0.615. The van der Waals surface area contributed by atoms with Crippen molar-refractivity contribution in [1.29, 1.82) is 0 Å². The molecular formula is C16H31N3O2. The molecule has 2 aliphatic heterocycles. The molecule has 1 amide bonds. The van der Waals surface area contributed by atoms with E-state index in [-0.39, 0.29) is 5.91 Å². The van der Waals surface area contributed by atoms with Gasteiger partial charge in [0.15, 0.2) is 0 Å². The van der Waals surface area contributed by atoms with Gasteiger partial charge >= 0.3 is 0 Å². The maximum atomic E-state index is 12.5. The molecule has 2 aliphatic rings. The molecule has 2 N–H and O–H groups in total. The molecule has 21 heavy (non-hydrogen) atoms. The van der Waals surface area contributed by atoms with Gasteiger partial charge in [-0.1, -0.05) is 13.3 Å². The van der Waals surface area contributed by atoms with Crippen molar-refractivity contribution in [3.8, 4) is 0 Å². The molecule has 1 atom stereocenters. The highest BCUT2D eigenvalue weighted by molar-refractivity contribution is 5.85. The molecule has 2 rings (SSSR count). The van der Waals surface area contributed by atoms with Crippen LogP contribution in [0.1, 0.15) is 39.0 Å². The van der Waals surface area contributed by atoms with Gasteiger partial charge in [-0.05, 0) is 57.8 Å². The van der Waals surface area contributed by atoms with Crippen molar-refractivity contribution in [2.45, 2.75) is 44.6 Å². The highest BCUT2D eigenvalue weighted by Gasteiger charge is 2.39. The lowest BCUT2D eigenvalue weighted by Crippen LogP contribution is -2.55. The first-order valence-electron chi connectivity index (χ1n) is 8.43. The summed E-state index contributed by atoms with van der Waals surface area (Å²) in [5.74, 6) is 0.555. The summed E-state index contributed by atoms with van der Waals surface area (Å²) in [7, 11) is 1.65. The monoisotopic (exact) mass is 297 g/mol. The molecule has 0 aromatic heterocycles. The van der Waals surface area contributed by atoms with Crippen molar-refractivity contribution < 1.29 is 9.53 Å². The number of amides is 1. The van der Waals surface area contributed by atoms with Crippen LogP contribution in [0.5, 0.6) is 0 Å². The summed E-state index contributed by atoms with van der Waals surface area (Å²) in [6, 6.07) is 0. The normalized spacial score (nSPS) is 24.5. The average molecular weight is 297 g/mol. The second-order valence-electron chi connectivity index (χ2n) is 6.62. The standard InChI is InChI=1S/C16H31N3O2/c1-14(13-19-10-4-3-5-11-19)12-18-15(20)16(21-2)6-8-17-9-7-16/h14,17H,3-13H2,1-2H3,(H,18,20). The van der Waals surface area contributed by atoms with Crippen LogP contribution in [-0.4, -0.2) is 62.8 Å². The zero-order chi connectivity index (χ0) is 15.1. The van der Waals surface area contributed by atoms with E-state index in [0.29, 0.717) is 5.92 Å². The second kappa shape index (κ2) is 8.11. The van der Waals surface area contributed by atoms with Crippen LogP contribution < -0.4 is 10.6 Å². The Morgan fingerprint density at radius 1 is 1.29 bits per heavy atom. The molecule has 2 saturated heterocycles. The Labute approximate surface area is 128 Å². The van der Waals surface area contributed by atoms with Crippen molar-refractivity contribution in [2.24, 2.45) is 5.92 Å². The van der Waals surface area contributed by atoms with Gasteiger partial charge in [0.05, 0.1) is 0 Å². The number of rotatable bonds is 6. The molecule has 0 saturated carbocycles. The molecule has 1 unspecified atom stereocenters. The highest BCUT2D eigenvalue weighted by Crippen LogP contribution is 2.22. The van der Waals surface area contributed by atoms with Gasteiger partial charge in [0.2, 0.25) is 0 Å². The molecular weight excluding hydrogens is 266 g/mol. The Hall–Kier alpha value is -0.650. The van der Waals surface area contributed by atoms with Crippen LogP contribution in [0.25, 0.3) is 0 Å². The number of carbonyl (C=O) groups excluding carboxylic acids is 1. The maximum Gasteiger partial charge on any atom is 0.252 e. The lowest BCUT2D eigenvalue weighted by molar-refractivity contribution is -0.146. The first-order chi connectivity index (χ1) is 10.2. The number of methoxy groups -OCH3 is 1. The Kier molecular flexibility index (Phi) is 6.45. The van der Waals surface area contributed by atoms with Crippen LogP contribution in [0.2, 0.25) is 0 Å². The van der Waals surface area contributed by atoms with E-state index in [1.807, 2.05) is 0 Å². The second-order valence-corrected chi connectivity index (χ2v) is 6.62. The zero-order valence-electron chi connectivity index (χ0n) is 13.6. The van der Waals surface area contributed by atoms with Crippen LogP contribution in [0.4, 0.5) is 0 Å². The fourth-order valence-corrected chi connectivity index (χ4v) is 3.43. The van der Waals surface area contributed by atoms with E-state index in [4.69, 9.17) is 4.74 Å². The number of likely N-dealkylation sites (tertiary alicyclic amines) is 1. The van der Waals surface area contributed by atoms with Crippen molar-refractivity contribution in [2.75, 3.05) is 46.4 Å². The molecule has 0 aromatic rings. The third-order valence-corrected chi connectivity index (χ3v) is 4.85. The summed E-state index contributed by atoms with van der Waals surface area (Å²) >= 11 is 0. The first-order valence-corrected chi connectivity index (χ1v) is 8.43. The van der Waals surface area contributed by atoms with Gasteiger partial charge in [0.25, 0.3) is 5.91 Å². The number of hydrogen-bond donors (Lipinski definition) is 2. The molecule has 5 heteroatoms. The number of nitrogens with zero attached hydrogens (tertiary/aromatic N) is 1.